The van der Waals surface area contributed by atoms with Gasteiger partial charge in [-0.3, -0.25) is 4.79 Å². The highest BCUT2D eigenvalue weighted by atomic mass is 35.5. The maximum atomic E-state index is 12.3. The number of halogens is 1. The Morgan fingerprint density at radius 2 is 1.81 bits per heavy atom. The van der Waals surface area contributed by atoms with Crippen LogP contribution < -0.4 is 10.1 Å². The molecule has 0 spiro atoms. The lowest BCUT2D eigenvalue weighted by Crippen LogP contribution is -2.18. The van der Waals surface area contributed by atoms with E-state index < -0.39 is 9.84 Å². The standard InChI is InChI=1S/C19H22ClNO4S/c1-2-3-13-25-18-7-5-4-6-17(18)21-19(22)12-14-26(23,24)16-10-8-15(20)9-11-16/h4-11H,2-3,12-14H2,1H3,(H,21,22). The number of benzene rings is 2. The molecule has 0 aliphatic rings. The van der Waals surface area contributed by atoms with Crippen molar-refractivity contribution in [1.29, 1.82) is 0 Å². The number of para-hydroxylation sites is 2. The maximum Gasteiger partial charge on any atom is 0.225 e. The quantitative estimate of drug-likeness (QED) is 0.641. The predicted molar refractivity (Wildman–Crippen MR) is 104 cm³/mol. The molecule has 0 heterocycles. The molecule has 2 aromatic rings. The molecule has 0 aliphatic heterocycles. The van der Waals surface area contributed by atoms with Crippen LogP contribution in [0.2, 0.25) is 5.02 Å². The van der Waals surface area contributed by atoms with Crippen LogP contribution in [-0.4, -0.2) is 26.7 Å². The third-order valence-electron chi connectivity index (χ3n) is 3.69. The van der Waals surface area contributed by atoms with Crippen molar-refractivity contribution in [2.75, 3.05) is 17.7 Å². The molecule has 2 rings (SSSR count). The van der Waals surface area contributed by atoms with Crippen LogP contribution in [0.1, 0.15) is 26.2 Å². The molecule has 5 nitrogen and oxygen atoms in total. The number of rotatable bonds is 9. The Bertz CT molecular complexity index is 835. The van der Waals surface area contributed by atoms with E-state index in [2.05, 4.69) is 12.2 Å². The first-order valence-electron chi connectivity index (χ1n) is 8.42. The summed E-state index contributed by atoms with van der Waals surface area (Å²) in [6.07, 6.45) is 1.78. The normalized spacial score (nSPS) is 11.2. The summed E-state index contributed by atoms with van der Waals surface area (Å²) in [5.41, 5.74) is 0.539. The predicted octanol–water partition coefficient (Wildman–Crippen LogP) is 4.32. The highest BCUT2D eigenvalue weighted by Gasteiger charge is 2.17. The lowest BCUT2D eigenvalue weighted by molar-refractivity contribution is -0.115. The van der Waals surface area contributed by atoms with Crippen LogP contribution in [0.4, 0.5) is 5.69 Å². The molecule has 1 N–H and O–H groups in total. The molecule has 0 aliphatic carbocycles. The third kappa shape index (κ3) is 6.04. The molecule has 0 saturated heterocycles. The van der Waals surface area contributed by atoms with Crippen LogP contribution in [0.5, 0.6) is 5.75 Å². The van der Waals surface area contributed by atoms with Gasteiger partial charge in [0.2, 0.25) is 5.91 Å². The van der Waals surface area contributed by atoms with Crippen molar-refractivity contribution >= 4 is 33.0 Å². The third-order valence-corrected chi connectivity index (χ3v) is 5.67. The molecule has 0 fully saturated rings. The van der Waals surface area contributed by atoms with E-state index in [1.54, 1.807) is 18.2 Å². The fourth-order valence-electron chi connectivity index (χ4n) is 2.22. The van der Waals surface area contributed by atoms with Crippen LogP contribution in [-0.2, 0) is 14.6 Å². The average molecular weight is 396 g/mol. The number of unbranched alkanes of at least 4 members (excludes halogenated alkanes) is 1. The smallest absolute Gasteiger partial charge is 0.225 e. The molecule has 0 unspecified atom stereocenters. The van der Waals surface area contributed by atoms with Gasteiger partial charge >= 0.3 is 0 Å². The lowest BCUT2D eigenvalue weighted by atomic mass is 10.2. The number of carbonyl (C=O) groups excluding carboxylic acids is 1. The Balaban J connectivity index is 1.95. The molecule has 0 bridgehead atoms. The van der Waals surface area contributed by atoms with Gasteiger partial charge in [0, 0.05) is 11.4 Å². The van der Waals surface area contributed by atoms with Gasteiger partial charge in [-0.05, 0) is 42.8 Å². The molecular formula is C19H22ClNO4S. The van der Waals surface area contributed by atoms with Gasteiger partial charge in [-0.15, -0.1) is 0 Å². The zero-order chi connectivity index (χ0) is 19.0. The van der Waals surface area contributed by atoms with Crippen LogP contribution >= 0.6 is 11.6 Å². The van der Waals surface area contributed by atoms with Gasteiger partial charge in [0.05, 0.1) is 22.9 Å². The van der Waals surface area contributed by atoms with Crippen molar-refractivity contribution in [1.82, 2.24) is 0 Å². The van der Waals surface area contributed by atoms with E-state index in [4.69, 9.17) is 16.3 Å². The van der Waals surface area contributed by atoms with Gasteiger partial charge in [-0.2, -0.15) is 0 Å². The van der Waals surface area contributed by atoms with Crippen molar-refractivity contribution in [3.8, 4) is 5.75 Å². The number of sulfone groups is 1. The summed E-state index contributed by atoms with van der Waals surface area (Å²) in [4.78, 5) is 12.3. The van der Waals surface area contributed by atoms with E-state index >= 15 is 0 Å². The monoisotopic (exact) mass is 395 g/mol. The second-order valence-corrected chi connectivity index (χ2v) is 8.31. The number of hydrogen-bond acceptors (Lipinski definition) is 4. The Hall–Kier alpha value is -2.05. The first-order chi connectivity index (χ1) is 12.4. The van der Waals surface area contributed by atoms with E-state index in [1.165, 1.54) is 24.3 Å². The van der Waals surface area contributed by atoms with Crippen molar-refractivity contribution in [2.24, 2.45) is 0 Å². The van der Waals surface area contributed by atoms with Crippen LogP contribution in [0.25, 0.3) is 0 Å². The van der Waals surface area contributed by atoms with E-state index in [-0.39, 0.29) is 23.0 Å². The average Bonchev–Trinajstić information content (AvgIpc) is 2.62. The van der Waals surface area contributed by atoms with Gasteiger partial charge in [0.15, 0.2) is 9.84 Å². The minimum atomic E-state index is -3.54. The molecule has 0 saturated carbocycles. The molecule has 0 radical (unpaired) electrons. The SMILES string of the molecule is CCCCOc1ccccc1NC(=O)CCS(=O)(=O)c1ccc(Cl)cc1. The minimum absolute atomic E-state index is 0.145. The first-order valence-corrected chi connectivity index (χ1v) is 10.5. The molecule has 7 heteroatoms. The summed E-state index contributed by atoms with van der Waals surface area (Å²) in [5.74, 6) is -0.0804. The Kier molecular flexibility index (Phi) is 7.48. The Morgan fingerprint density at radius 3 is 2.50 bits per heavy atom. The second kappa shape index (κ2) is 9.59. The summed E-state index contributed by atoms with van der Waals surface area (Å²) < 4.78 is 30.2. The fourth-order valence-corrected chi connectivity index (χ4v) is 3.59. The van der Waals surface area contributed by atoms with Crippen molar-refractivity contribution in [3.05, 3.63) is 53.6 Å². The summed E-state index contributed by atoms with van der Waals surface area (Å²) >= 11 is 5.77. The highest BCUT2D eigenvalue weighted by Crippen LogP contribution is 2.24. The van der Waals surface area contributed by atoms with Gasteiger partial charge in [0.25, 0.3) is 0 Å². The second-order valence-electron chi connectivity index (χ2n) is 5.77. The molecule has 26 heavy (non-hydrogen) atoms. The maximum absolute atomic E-state index is 12.3. The number of carbonyl (C=O) groups is 1. The molecule has 1 amide bonds. The number of hydrogen-bond donors (Lipinski definition) is 1. The zero-order valence-electron chi connectivity index (χ0n) is 14.6. The van der Waals surface area contributed by atoms with Crippen molar-refractivity contribution < 1.29 is 17.9 Å². The topological polar surface area (TPSA) is 72.5 Å². The van der Waals surface area contributed by atoms with Crippen molar-refractivity contribution in [3.63, 3.8) is 0 Å². The largest absolute Gasteiger partial charge is 0.491 e. The van der Waals surface area contributed by atoms with Crippen LogP contribution in [0.15, 0.2) is 53.4 Å². The molecular weight excluding hydrogens is 374 g/mol. The van der Waals surface area contributed by atoms with Gasteiger partial charge in [-0.25, -0.2) is 8.42 Å². The summed E-state index contributed by atoms with van der Waals surface area (Å²) in [7, 11) is -3.54. The number of amides is 1. The number of ether oxygens (including phenoxy) is 1. The number of nitrogens with one attached hydrogen (secondary N) is 1. The van der Waals surface area contributed by atoms with Crippen molar-refractivity contribution in [2.45, 2.75) is 31.1 Å². The van der Waals surface area contributed by atoms with E-state index in [0.717, 1.165) is 12.8 Å². The highest BCUT2D eigenvalue weighted by molar-refractivity contribution is 7.91. The number of anilines is 1. The fraction of sp³-hybridized carbons (Fsp3) is 0.316. The van der Waals surface area contributed by atoms with Gasteiger partial charge in [0.1, 0.15) is 5.75 Å². The zero-order valence-corrected chi connectivity index (χ0v) is 16.1. The summed E-state index contributed by atoms with van der Waals surface area (Å²) in [6, 6.07) is 13.0. The molecule has 2 aromatic carbocycles. The molecule has 140 valence electrons. The Morgan fingerprint density at radius 1 is 1.12 bits per heavy atom. The van der Waals surface area contributed by atoms with Gasteiger partial charge in [-0.1, -0.05) is 37.1 Å². The lowest BCUT2D eigenvalue weighted by Gasteiger charge is -2.12. The van der Waals surface area contributed by atoms with E-state index in [9.17, 15) is 13.2 Å². The van der Waals surface area contributed by atoms with Gasteiger partial charge < -0.3 is 10.1 Å². The summed E-state index contributed by atoms with van der Waals surface area (Å²) in [5, 5.41) is 3.18. The summed E-state index contributed by atoms with van der Waals surface area (Å²) in [6.45, 7) is 2.63. The first kappa shape index (κ1) is 20.3. The van der Waals surface area contributed by atoms with Crippen LogP contribution in [0.3, 0.4) is 0 Å². The Labute approximate surface area is 159 Å². The molecule has 0 atom stereocenters. The van der Waals surface area contributed by atoms with E-state index in [0.29, 0.717) is 23.1 Å². The minimum Gasteiger partial charge on any atom is -0.491 e. The van der Waals surface area contributed by atoms with Crippen LogP contribution in [0, 0.1) is 0 Å². The molecule has 0 aromatic heterocycles. The van der Waals surface area contributed by atoms with E-state index in [1.807, 2.05) is 6.07 Å².